The van der Waals surface area contributed by atoms with E-state index in [1.165, 1.54) is 5.56 Å². The molecule has 1 aliphatic heterocycles. The molecular weight excluding hydrogens is 274 g/mol. The first-order chi connectivity index (χ1) is 10.8. The second-order valence-electron chi connectivity index (χ2n) is 5.71. The molecule has 0 amide bonds. The van der Waals surface area contributed by atoms with E-state index in [1.807, 2.05) is 41.0 Å². The zero-order valence-corrected chi connectivity index (χ0v) is 12.9. The van der Waals surface area contributed by atoms with E-state index in [2.05, 4.69) is 24.1 Å². The Balaban J connectivity index is 1.57. The zero-order valence-electron chi connectivity index (χ0n) is 12.9. The summed E-state index contributed by atoms with van der Waals surface area (Å²) in [6, 6.07) is 14.3. The summed E-state index contributed by atoms with van der Waals surface area (Å²) >= 11 is 0. The topological polar surface area (TPSA) is 41.2 Å². The molecule has 0 N–H and O–H groups in total. The third-order valence-corrected chi connectivity index (χ3v) is 4.09. The Kier molecular flexibility index (Phi) is 4.45. The fraction of sp³-hybridized carbons (Fsp3) is 0.389. The van der Waals surface area contributed by atoms with Crippen molar-refractivity contribution in [2.75, 3.05) is 13.1 Å². The fourth-order valence-electron chi connectivity index (χ4n) is 3.00. The van der Waals surface area contributed by atoms with Crippen LogP contribution < -0.4 is 4.74 Å². The highest BCUT2D eigenvalue weighted by Crippen LogP contribution is 2.20. The molecule has 3 rings (SSSR count). The summed E-state index contributed by atoms with van der Waals surface area (Å²) in [5.74, 6) is 0.943. The number of likely N-dealkylation sites (tertiary alicyclic amines) is 1. The minimum atomic E-state index is 0.256. The van der Waals surface area contributed by atoms with Crippen molar-refractivity contribution in [3.63, 3.8) is 0 Å². The molecule has 0 radical (unpaired) electrons. The van der Waals surface area contributed by atoms with Crippen LogP contribution in [0.5, 0.6) is 5.75 Å². The number of nitrogens with zero attached hydrogens (tertiary/aromatic N) is 3. The van der Waals surface area contributed by atoms with Crippen molar-refractivity contribution in [1.82, 2.24) is 9.47 Å². The second-order valence-corrected chi connectivity index (χ2v) is 5.71. The molecule has 4 heteroatoms. The molecule has 0 saturated carbocycles. The van der Waals surface area contributed by atoms with Crippen molar-refractivity contribution in [3.05, 3.63) is 53.9 Å². The predicted octanol–water partition coefficient (Wildman–Crippen LogP) is 3.03. The smallest absolute Gasteiger partial charge is 0.120 e. The maximum Gasteiger partial charge on any atom is 0.120 e. The van der Waals surface area contributed by atoms with Gasteiger partial charge in [0.15, 0.2) is 0 Å². The van der Waals surface area contributed by atoms with E-state index in [9.17, 15) is 0 Å². The van der Waals surface area contributed by atoms with E-state index >= 15 is 0 Å². The maximum absolute atomic E-state index is 9.13. The lowest BCUT2D eigenvalue weighted by molar-refractivity contribution is 0.198. The highest BCUT2D eigenvalue weighted by atomic mass is 16.5. The Morgan fingerprint density at radius 1 is 1.32 bits per heavy atom. The molecule has 4 nitrogen and oxygen atoms in total. The molecule has 0 spiro atoms. The Morgan fingerprint density at radius 2 is 2.14 bits per heavy atom. The molecule has 1 fully saturated rings. The van der Waals surface area contributed by atoms with Crippen molar-refractivity contribution < 1.29 is 4.74 Å². The molecule has 0 bridgehead atoms. The van der Waals surface area contributed by atoms with E-state index in [-0.39, 0.29) is 6.10 Å². The van der Waals surface area contributed by atoms with Crippen LogP contribution in [0.2, 0.25) is 0 Å². The van der Waals surface area contributed by atoms with Gasteiger partial charge in [-0.15, -0.1) is 0 Å². The minimum Gasteiger partial charge on any atom is -0.489 e. The molecule has 1 aliphatic rings. The summed E-state index contributed by atoms with van der Waals surface area (Å²) in [7, 11) is 0. The highest BCUT2D eigenvalue weighted by Gasteiger charge is 2.24. The number of para-hydroxylation sites is 1. The van der Waals surface area contributed by atoms with Gasteiger partial charge < -0.3 is 9.30 Å². The first-order valence-corrected chi connectivity index (χ1v) is 7.81. The summed E-state index contributed by atoms with van der Waals surface area (Å²) < 4.78 is 8.02. The highest BCUT2D eigenvalue weighted by molar-refractivity contribution is 5.28. The van der Waals surface area contributed by atoms with E-state index in [1.54, 1.807) is 0 Å². The Hall–Kier alpha value is -2.25. The summed E-state index contributed by atoms with van der Waals surface area (Å²) in [5.41, 5.74) is 1.95. The Labute approximate surface area is 131 Å². The minimum absolute atomic E-state index is 0.256. The molecule has 0 unspecified atom stereocenters. The third kappa shape index (κ3) is 3.32. The van der Waals surface area contributed by atoms with Gasteiger partial charge in [-0.3, -0.25) is 4.90 Å². The molecule has 1 atom stereocenters. The Bertz CT molecular complexity index is 657. The molecule has 22 heavy (non-hydrogen) atoms. The molecule has 2 aromatic rings. The number of ether oxygens (including phenoxy) is 1. The molecular formula is C18H21N3O. The van der Waals surface area contributed by atoms with Gasteiger partial charge in [0.05, 0.1) is 0 Å². The summed E-state index contributed by atoms with van der Waals surface area (Å²) in [5, 5.41) is 9.13. The van der Waals surface area contributed by atoms with Crippen molar-refractivity contribution in [1.29, 1.82) is 5.26 Å². The lowest BCUT2D eigenvalue weighted by Crippen LogP contribution is -2.24. The van der Waals surface area contributed by atoms with Gasteiger partial charge in [-0.1, -0.05) is 18.2 Å². The van der Waals surface area contributed by atoms with Gasteiger partial charge in [0.2, 0.25) is 0 Å². The maximum atomic E-state index is 9.13. The number of aromatic nitrogens is 1. The molecule has 0 aliphatic carbocycles. The normalized spacial score (nSPS) is 18.3. The van der Waals surface area contributed by atoms with Crippen molar-refractivity contribution in [3.8, 4) is 11.8 Å². The molecule has 1 aromatic carbocycles. The number of rotatable bonds is 5. The van der Waals surface area contributed by atoms with Gasteiger partial charge in [0.25, 0.3) is 0 Å². The summed E-state index contributed by atoms with van der Waals surface area (Å²) in [6.07, 6.45) is 3.39. The van der Waals surface area contributed by atoms with E-state index in [0.29, 0.717) is 0 Å². The number of aryl methyl sites for hydroxylation is 1. The SMILES string of the molecule is CCn1cc(CN2CC[C@@H](Oc3ccccc3)C2)cc1C#N. The standard InChI is InChI=1S/C18H21N3O/c1-2-21-13-15(10-16(21)11-19)12-20-9-8-18(14-20)22-17-6-4-3-5-7-17/h3-7,10,13,18H,2,8-9,12,14H2,1H3/t18-/m1/s1. The van der Waals surface area contributed by atoms with Crippen LogP contribution in [0.15, 0.2) is 42.6 Å². The first-order valence-electron chi connectivity index (χ1n) is 7.81. The van der Waals surface area contributed by atoms with Crippen LogP contribution in [0.1, 0.15) is 24.6 Å². The second kappa shape index (κ2) is 6.67. The van der Waals surface area contributed by atoms with Crippen molar-refractivity contribution in [2.24, 2.45) is 0 Å². The molecule has 1 saturated heterocycles. The fourth-order valence-corrected chi connectivity index (χ4v) is 3.00. The van der Waals surface area contributed by atoms with Gasteiger partial charge >= 0.3 is 0 Å². The largest absolute Gasteiger partial charge is 0.489 e. The number of nitriles is 1. The lowest BCUT2D eigenvalue weighted by atomic mass is 10.3. The number of hydrogen-bond donors (Lipinski definition) is 0. The molecule has 1 aromatic heterocycles. The quantitative estimate of drug-likeness (QED) is 0.851. The van der Waals surface area contributed by atoms with Crippen LogP contribution in [0, 0.1) is 11.3 Å². The summed E-state index contributed by atoms with van der Waals surface area (Å²) in [4.78, 5) is 2.39. The molecule has 114 valence electrons. The van der Waals surface area contributed by atoms with Crippen molar-refractivity contribution in [2.45, 2.75) is 32.5 Å². The van der Waals surface area contributed by atoms with E-state index in [0.717, 1.165) is 44.0 Å². The van der Waals surface area contributed by atoms with Gasteiger partial charge in [-0.05, 0) is 37.1 Å². The van der Waals surface area contributed by atoms with Gasteiger partial charge in [-0.2, -0.15) is 5.26 Å². The van der Waals surface area contributed by atoms with Crippen LogP contribution in [-0.2, 0) is 13.1 Å². The number of hydrogen-bond acceptors (Lipinski definition) is 3. The van der Waals surface area contributed by atoms with Crippen LogP contribution in [0.25, 0.3) is 0 Å². The van der Waals surface area contributed by atoms with E-state index < -0.39 is 0 Å². The average Bonchev–Trinajstić information content (AvgIpc) is 3.15. The zero-order chi connectivity index (χ0) is 15.4. The lowest BCUT2D eigenvalue weighted by Gasteiger charge is -2.16. The van der Waals surface area contributed by atoms with Crippen LogP contribution in [0.4, 0.5) is 0 Å². The number of benzene rings is 1. The average molecular weight is 295 g/mol. The van der Waals surface area contributed by atoms with Crippen LogP contribution in [0.3, 0.4) is 0 Å². The van der Waals surface area contributed by atoms with Crippen LogP contribution in [-0.4, -0.2) is 28.7 Å². The Morgan fingerprint density at radius 3 is 2.82 bits per heavy atom. The van der Waals surface area contributed by atoms with Gasteiger partial charge in [0, 0.05) is 32.4 Å². The monoisotopic (exact) mass is 295 g/mol. The van der Waals surface area contributed by atoms with Crippen LogP contribution >= 0.6 is 0 Å². The summed E-state index contributed by atoms with van der Waals surface area (Å²) in [6.45, 7) is 5.76. The predicted molar refractivity (Wildman–Crippen MR) is 85.6 cm³/mol. The third-order valence-electron chi connectivity index (χ3n) is 4.09. The van der Waals surface area contributed by atoms with Gasteiger partial charge in [-0.25, -0.2) is 0 Å². The van der Waals surface area contributed by atoms with E-state index in [4.69, 9.17) is 10.00 Å². The van der Waals surface area contributed by atoms with Crippen molar-refractivity contribution >= 4 is 0 Å². The first kappa shape index (κ1) is 14.7. The molecule has 2 heterocycles. The van der Waals surface area contributed by atoms with Gasteiger partial charge in [0.1, 0.15) is 23.6 Å².